The molecule has 0 fully saturated rings. The van der Waals surface area contributed by atoms with Gasteiger partial charge >= 0.3 is 5.97 Å². The molecule has 0 radical (unpaired) electrons. The Morgan fingerprint density at radius 2 is 1.73 bits per heavy atom. The Labute approximate surface area is 157 Å². The number of benzene rings is 2. The van der Waals surface area contributed by atoms with Crippen LogP contribution in [0.5, 0.6) is 0 Å². The summed E-state index contributed by atoms with van der Waals surface area (Å²) in [5, 5.41) is 0.165. The number of hydrogen-bond acceptors (Lipinski definition) is 4. The quantitative estimate of drug-likeness (QED) is 0.663. The Kier molecular flexibility index (Phi) is 6.75. The fraction of sp³-hybridized carbons (Fsp3) is 0.278. The number of hydrogen-bond donors (Lipinski definition) is 0. The molecule has 2 aromatic carbocycles. The lowest BCUT2D eigenvalue weighted by atomic mass is 10.2. The maximum atomic E-state index is 13.7. The standard InChI is InChI=1S/C18H19ClFNO4S/c1-3-21(4-2)26(23,24)14-10-8-13(9-11-14)18(22)25-12-15-16(19)6-5-7-17(15)20/h5-11H,3-4,12H2,1-2H3. The van der Waals surface area contributed by atoms with Crippen LogP contribution in [0, 0.1) is 5.82 Å². The fourth-order valence-electron chi connectivity index (χ4n) is 2.37. The van der Waals surface area contributed by atoms with Crippen LogP contribution in [0.4, 0.5) is 4.39 Å². The summed E-state index contributed by atoms with van der Waals surface area (Å²) in [5.74, 6) is -1.26. The molecule has 0 aromatic heterocycles. The Bertz CT molecular complexity index is 860. The topological polar surface area (TPSA) is 63.7 Å². The van der Waals surface area contributed by atoms with Gasteiger partial charge in [-0.25, -0.2) is 17.6 Å². The number of rotatable bonds is 7. The van der Waals surface area contributed by atoms with E-state index in [0.717, 1.165) is 0 Å². The van der Waals surface area contributed by atoms with Crippen LogP contribution in [0.15, 0.2) is 47.4 Å². The van der Waals surface area contributed by atoms with Crippen LogP contribution in [0.2, 0.25) is 5.02 Å². The SMILES string of the molecule is CCN(CC)S(=O)(=O)c1ccc(C(=O)OCc2c(F)cccc2Cl)cc1. The number of ether oxygens (including phenoxy) is 1. The number of esters is 1. The van der Waals surface area contributed by atoms with E-state index in [0.29, 0.717) is 13.1 Å². The van der Waals surface area contributed by atoms with Crippen molar-refractivity contribution in [1.82, 2.24) is 4.31 Å². The van der Waals surface area contributed by atoms with Crippen molar-refractivity contribution >= 4 is 27.6 Å². The largest absolute Gasteiger partial charge is 0.457 e. The fourth-order valence-corrected chi connectivity index (χ4v) is 4.04. The smallest absolute Gasteiger partial charge is 0.338 e. The summed E-state index contributed by atoms with van der Waals surface area (Å²) in [6.07, 6.45) is 0. The summed E-state index contributed by atoms with van der Waals surface area (Å²) < 4.78 is 44.9. The van der Waals surface area contributed by atoms with Gasteiger partial charge in [0, 0.05) is 18.7 Å². The van der Waals surface area contributed by atoms with E-state index >= 15 is 0 Å². The summed E-state index contributed by atoms with van der Waals surface area (Å²) in [6, 6.07) is 9.60. The molecule has 0 aliphatic carbocycles. The average molecular weight is 400 g/mol. The summed E-state index contributed by atoms with van der Waals surface area (Å²) in [6.45, 7) is 3.89. The summed E-state index contributed by atoms with van der Waals surface area (Å²) >= 11 is 5.88. The van der Waals surface area contributed by atoms with E-state index in [2.05, 4.69) is 0 Å². The molecule has 0 amide bonds. The average Bonchev–Trinajstić information content (AvgIpc) is 2.62. The molecule has 0 bridgehead atoms. The molecule has 0 aliphatic rings. The van der Waals surface area contributed by atoms with Crippen LogP contribution in [0.3, 0.4) is 0 Å². The Balaban J connectivity index is 2.12. The monoisotopic (exact) mass is 399 g/mol. The van der Waals surface area contributed by atoms with Crippen molar-refractivity contribution < 1.29 is 22.3 Å². The van der Waals surface area contributed by atoms with Gasteiger partial charge in [-0.15, -0.1) is 0 Å². The van der Waals surface area contributed by atoms with Crippen LogP contribution in [-0.4, -0.2) is 31.8 Å². The predicted octanol–water partition coefficient (Wildman–Crippen LogP) is 3.87. The third-order valence-corrected chi connectivity index (χ3v) is 6.26. The molecule has 0 saturated carbocycles. The van der Waals surface area contributed by atoms with E-state index < -0.39 is 21.8 Å². The van der Waals surface area contributed by atoms with Gasteiger partial charge in [-0.3, -0.25) is 0 Å². The van der Waals surface area contributed by atoms with Gasteiger partial charge < -0.3 is 4.74 Å². The second kappa shape index (κ2) is 8.62. The minimum Gasteiger partial charge on any atom is -0.457 e. The van der Waals surface area contributed by atoms with Crippen LogP contribution in [0.1, 0.15) is 29.8 Å². The van der Waals surface area contributed by atoms with Crippen molar-refractivity contribution in [2.75, 3.05) is 13.1 Å². The summed E-state index contributed by atoms with van der Waals surface area (Å²) in [4.78, 5) is 12.2. The van der Waals surface area contributed by atoms with E-state index in [1.807, 2.05) is 0 Å². The second-order valence-electron chi connectivity index (χ2n) is 5.39. The highest BCUT2D eigenvalue weighted by molar-refractivity contribution is 7.89. The first-order valence-electron chi connectivity index (χ1n) is 8.01. The number of carbonyl (C=O) groups is 1. The van der Waals surface area contributed by atoms with E-state index in [9.17, 15) is 17.6 Å². The second-order valence-corrected chi connectivity index (χ2v) is 7.74. The lowest BCUT2D eigenvalue weighted by molar-refractivity contribution is 0.0469. The van der Waals surface area contributed by atoms with Crippen LogP contribution in [-0.2, 0) is 21.4 Å². The molecule has 0 N–H and O–H groups in total. The zero-order valence-corrected chi connectivity index (χ0v) is 16.0. The van der Waals surface area contributed by atoms with Gasteiger partial charge in [-0.2, -0.15) is 4.31 Å². The highest BCUT2D eigenvalue weighted by atomic mass is 35.5. The molecular formula is C18H19ClFNO4S. The molecular weight excluding hydrogens is 381 g/mol. The van der Waals surface area contributed by atoms with E-state index in [-0.39, 0.29) is 27.7 Å². The van der Waals surface area contributed by atoms with E-state index in [4.69, 9.17) is 16.3 Å². The molecule has 0 saturated heterocycles. The summed E-state index contributed by atoms with van der Waals surface area (Å²) in [5.41, 5.74) is 0.249. The number of halogens is 2. The zero-order chi connectivity index (χ0) is 19.3. The number of nitrogens with zero attached hydrogens (tertiary/aromatic N) is 1. The van der Waals surface area contributed by atoms with E-state index in [1.165, 1.54) is 46.8 Å². The minimum absolute atomic E-state index is 0.0863. The molecule has 8 heteroatoms. The van der Waals surface area contributed by atoms with Crippen molar-refractivity contribution in [1.29, 1.82) is 0 Å². The molecule has 5 nitrogen and oxygen atoms in total. The van der Waals surface area contributed by atoms with Crippen molar-refractivity contribution in [3.63, 3.8) is 0 Å². The lowest BCUT2D eigenvalue weighted by Gasteiger charge is -2.18. The maximum absolute atomic E-state index is 13.7. The van der Waals surface area contributed by atoms with Gasteiger partial charge in [-0.1, -0.05) is 31.5 Å². The first-order valence-corrected chi connectivity index (χ1v) is 9.83. The number of carbonyl (C=O) groups excluding carboxylic acids is 1. The third kappa shape index (κ3) is 4.41. The minimum atomic E-state index is -3.60. The van der Waals surface area contributed by atoms with Gasteiger partial charge in [0.1, 0.15) is 12.4 Å². The first kappa shape index (κ1) is 20.4. The third-order valence-electron chi connectivity index (χ3n) is 3.84. The van der Waals surface area contributed by atoms with Crippen LogP contribution >= 0.6 is 11.6 Å². The molecule has 0 aliphatic heterocycles. The highest BCUT2D eigenvalue weighted by Gasteiger charge is 2.22. The normalized spacial score (nSPS) is 11.6. The Hall–Kier alpha value is -1.96. The Morgan fingerprint density at radius 3 is 2.27 bits per heavy atom. The number of sulfonamides is 1. The van der Waals surface area contributed by atoms with Gasteiger partial charge in [-0.05, 0) is 36.4 Å². The molecule has 0 unspecified atom stereocenters. The van der Waals surface area contributed by atoms with Crippen LogP contribution < -0.4 is 0 Å². The van der Waals surface area contributed by atoms with Crippen molar-refractivity contribution in [2.45, 2.75) is 25.3 Å². The molecule has 0 atom stereocenters. The lowest BCUT2D eigenvalue weighted by Crippen LogP contribution is -2.30. The maximum Gasteiger partial charge on any atom is 0.338 e. The van der Waals surface area contributed by atoms with Gasteiger partial charge in [0.15, 0.2) is 0 Å². The van der Waals surface area contributed by atoms with Crippen LogP contribution in [0.25, 0.3) is 0 Å². The highest BCUT2D eigenvalue weighted by Crippen LogP contribution is 2.21. The molecule has 0 heterocycles. The first-order chi connectivity index (χ1) is 12.3. The predicted molar refractivity (Wildman–Crippen MR) is 97.1 cm³/mol. The van der Waals surface area contributed by atoms with Gasteiger partial charge in [0.25, 0.3) is 0 Å². The molecule has 2 rings (SSSR count). The van der Waals surface area contributed by atoms with Crippen molar-refractivity contribution in [3.05, 3.63) is 64.4 Å². The Morgan fingerprint density at radius 1 is 1.12 bits per heavy atom. The van der Waals surface area contributed by atoms with Gasteiger partial charge in [0.2, 0.25) is 10.0 Å². The van der Waals surface area contributed by atoms with Crippen molar-refractivity contribution in [3.8, 4) is 0 Å². The summed E-state index contributed by atoms with van der Waals surface area (Å²) in [7, 11) is -3.60. The molecule has 0 spiro atoms. The van der Waals surface area contributed by atoms with E-state index in [1.54, 1.807) is 13.8 Å². The molecule has 2 aromatic rings. The van der Waals surface area contributed by atoms with Gasteiger partial charge in [0.05, 0.1) is 15.5 Å². The van der Waals surface area contributed by atoms with Crippen molar-refractivity contribution in [2.24, 2.45) is 0 Å². The zero-order valence-electron chi connectivity index (χ0n) is 14.4. The molecule has 26 heavy (non-hydrogen) atoms. The molecule has 140 valence electrons.